The molecule has 5 rings (SSSR count). The zero-order chi connectivity index (χ0) is 20.7. The number of fused-ring (bicyclic) bond motifs is 4. The predicted molar refractivity (Wildman–Crippen MR) is 118 cm³/mol. The average molecular weight is 400 g/mol. The summed E-state index contributed by atoms with van der Waals surface area (Å²) >= 11 is 0. The van der Waals surface area contributed by atoms with E-state index in [0.29, 0.717) is 5.69 Å². The van der Waals surface area contributed by atoms with Gasteiger partial charge in [0, 0.05) is 36.7 Å². The number of aromatic nitrogens is 3. The summed E-state index contributed by atoms with van der Waals surface area (Å²) in [5, 5.41) is 2.99. The van der Waals surface area contributed by atoms with Gasteiger partial charge in [0.2, 0.25) is 0 Å². The molecule has 2 bridgehead atoms. The summed E-state index contributed by atoms with van der Waals surface area (Å²) in [4.78, 5) is 31.0. The highest BCUT2D eigenvalue weighted by Crippen LogP contribution is 2.41. The van der Waals surface area contributed by atoms with Gasteiger partial charge in [0.05, 0.1) is 29.3 Å². The Balaban J connectivity index is 1.60. The van der Waals surface area contributed by atoms with Gasteiger partial charge in [-0.3, -0.25) is 14.9 Å². The van der Waals surface area contributed by atoms with Crippen LogP contribution in [0, 0.1) is 13.8 Å². The molecule has 5 heterocycles. The van der Waals surface area contributed by atoms with Crippen LogP contribution in [0.1, 0.15) is 24.1 Å². The Kier molecular flexibility index (Phi) is 4.58. The highest BCUT2D eigenvalue weighted by molar-refractivity contribution is 6.04. The van der Waals surface area contributed by atoms with Gasteiger partial charge in [-0.05, 0) is 62.6 Å². The third-order valence-corrected chi connectivity index (χ3v) is 5.81. The number of aryl methyl sites for hydroxylation is 2. The summed E-state index contributed by atoms with van der Waals surface area (Å²) in [5.74, 6) is 0.724. The van der Waals surface area contributed by atoms with Crippen LogP contribution < -0.4 is 15.1 Å². The lowest BCUT2D eigenvalue weighted by atomic mass is 9.98. The number of amides is 2. The van der Waals surface area contributed by atoms with Crippen LogP contribution in [-0.4, -0.2) is 40.1 Å². The van der Waals surface area contributed by atoms with Gasteiger partial charge in [-0.25, -0.2) is 9.78 Å². The van der Waals surface area contributed by atoms with Crippen LogP contribution in [0.4, 0.5) is 22.0 Å². The number of anilines is 3. The van der Waals surface area contributed by atoms with Crippen molar-refractivity contribution < 1.29 is 4.79 Å². The van der Waals surface area contributed by atoms with Crippen molar-refractivity contribution in [2.45, 2.75) is 32.7 Å². The van der Waals surface area contributed by atoms with Crippen molar-refractivity contribution in [1.82, 2.24) is 15.0 Å². The zero-order valence-electron chi connectivity index (χ0n) is 17.2. The lowest BCUT2D eigenvalue weighted by Crippen LogP contribution is -2.56. The maximum atomic E-state index is 13.3. The molecular formula is C23H24N6O. The molecule has 0 radical (unpaired) electrons. The van der Waals surface area contributed by atoms with E-state index in [9.17, 15) is 4.79 Å². The molecule has 0 unspecified atom stereocenters. The molecule has 1 fully saturated rings. The maximum absolute atomic E-state index is 13.3. The first-order valence-electron chi connectivity index (χ1n) is 10.3. The van der Waals surface area contributed by atoms with E-state index < -0.39 is 0 Å². The molecule has 152 valence electrons. The molecule has 3 aromatic rings. The van der Waals surface area contributed by atoms with E-state index >= 15 is 0 Å². The lowest BCUT2D eigenvalue weighted by Gasteiger charge is -2.46. The van der Waals surface area contributed by atoms with Crippen LogP contribution in [0.2, 0.25) is 0 Å². The van der Waals surface area contributed by atoms with Gasteiger partial charge in [0.1, 0.15) is 0 Å². The Hall–Kier alpha value is -3.48. The normalized spacial score (nSPS) is 17.5. The molecule has 0 spiro atoms. The molecule has 30 heavy (non-hydrogen) atoms. The summed E-state index contributed by atoms with van der Waals surface area (Å²) in [6.07, 6.45) is 7.18. The first kappa shape index (κ1) is 18.5. The number of nitrogens with zero attached hydrogens (tertiary/aromatic N) is 5. The van der Waals surface area contributed by atoms with E-state index in [-0.39, 0.29) is 12.1 Å². The average Bonchev–Trinajstić information content (AvgIpc) is 2.75. The van der Waals surface area contributed by atoms with Gasteiger partial charge >= 0.3 is 6.03 Å². The molecular weight excluding hydrogens is 376 g/mol. The molecule has 1 N–H and O–H groups in total. The number of nitrogens with one attached hydrogen (secondary N) is 1. The molecule has 2 aliphatic rings. The molecule has 2 aliphatic heterocycles. The van der Waals surface area contributed by atoms with E-state index in [2.05, 4.69) is 33.2 Å². The standard InChI is InChI=1S/C23H24N6O/c1-15-11-20-22(27-21(15)17-7-9-25-16(2)12-17)29(19-6-4-10-28(20)14-19)23(30)26-18-5-3-8-24-13-18/h3,5,7-9,11-13,19H,4,6,10,14H2,1-2H3,(H,26,30)/t19-/m0/s1. The molecule has 7 heteroatoms. The number of hydrogen-bond donors (Lipinski definition) is 1. The molecule has 0 aliphatic carbocycles. The number of pyridine rings is 3. The number of carbonyl (C=O) groups is 1. The SMILES string of the molecule is Cc1cc(-c2nc3c(cc2C)N2CCC[C@@H](C2)N3C(=O)Nc2cccnc2)ccn1. The number of carbonyl (C=O) groups excluding carboxylic acids is 1. The summed E-state index contributed by atoms with van der Waals surface area (Å²) in [7, 11) is 0. The first-order valence-corrected chi connectivity index (χ1v) is 10.3. The first-order chi connectivity index (χ1) is 14.6. The third-order valence-electron chi connectivity index (χ3n) is 5.81. The molecule has 1 atom stereocenters. The largest absolute Gasteiger partial charge is 0.366 e. The number of rotatable bonds is 2. The number of piperidine rings is 1. The second-order valence-corrected chi connectivity index (χ2v) is 7.97. The molecule has 3 aromatic heterocycles. The van der Waals surface area contributed by atoms with Gasteiger partial charge < -0.3 is 10.2 Å². The van der Waals surface area contributed by atoms with Crippen LogP contribution in [-0.2, 0) is 0 Å². The lowest BCUT2D eigenvalue weighted by molar-refractivity contribution is 0.252. The van der Waals surface area contributed by atoms with E-state index in [1.807, 2.05) is 36.1 Å². The van der Waals surface area contributed by atoms with Gasteiger partial charge in [0.25, 0.3) is 0 Å². The van der Waals surface area contributed by atoms with Crippen LogP contribution in [0.25, 0.3) is 11.3 Å². The topological polar surface area (TPSA) is 74.2 Å². The van der Waals surface area contributed by atoms with Crippen molar-refractivity contribution in [2.75, 3.05) is 28.2 Å². The van der Waals surface area contributed by atoms with Gasteiger partial charge in [0.15, 0.2) is 5.82 Å². The van der Waals surface area contributed by atoms with Crippen molar-refractivity contribution in [3.05, 3.63) is 60.2 Å². The quantitative estimate of drug-likeness (QED) is 0.699. The Morgan fingerprint density at radius 1 is 1.20 bits per heavy atom. The van der Waals surface area contributed by atoms with Gasteiger partial charge in [-0.2, -0.15) is 0 Å². The predicted octanol–water partition coefficient (Wildman–Crippen LogP) is 4.18. The second kappa shape index (κ2) is 7.40. The van der Waals surface area contributed by atoms with E-state index in [1.165, 1.54) is 0 Å². The Morgan fingerprint density at radius 3 is 2.90 bits per heavy atom. The fraction of sp³-hybridized carbons (Fsp3) is 0.304. The minimum atomic E-state index is -0.163. The molecule has 1 saturated heterocycles. The summed E-state index contributed by atoms with van der Waals surface area (Å²) in [5.41, 5.74) is 5.65. The monoisotopic (exact) mass is 400 g/mol. The van der Waals surface area contributed by atoms with Crippen LogP contribution >= 0.6 is 0 Å². The van der Waals surface area contributed by atoms with Gasteiger partial charge in [-0.1, -0.05) is 0 Å². The smallest absolute Gasteiger partial charge is 0.327 e. The number of hydrogen-bond acceptors (Lipinski definition) is 5. The molecule has 2 amide bonds. The fourth-order valence-corrected chi connectivity index (χ4v) is 4.42. The Labute approximate surface area is 175 Å². The Bertz CT molecular complexity index is 1100. The fourth-order valence-electron chi connectivity index (χ4n) is 4.42. The minimum Gasteiger partial charge on any atom is -0.366 e. The highest BCUT2D eigenvalue weighted by atomic mass is 16.2. The molecule has 0 aromatic carbocycles. The zero-order valence-corrected chi connectivity index (χ0v) is 17.2. The summed E-state index contributed by atoms with van der Waals surface area (Å²) in [6.45, 7) is 5.88. The maximum Gasteiger partial charge on any atom is 0.327 e. The Morgan fingerprint density at radius 2 is 2.10 bits per heavy atom. The molecule has 0 saturated carbocycles. The minimum absolute atomic E-state index is 0.102. The van der Waals surface area contributed by atoms with Crippen molar-refractivity contribution in [3.8, 4) is 11.3 Å². The third kappa shape index (κ3) is 3.26. The van der Waals surface area contributed by atoms with Gasteiger partial charge in [-0.15, -0.1) is 0 Å². The van der Waals surface area contributed by atoms with Crippen molar-refractivity contribution in [1.29, 1.82) is 0 Å². The second-order valence-electron chi connectivity index (χ2n) is 7.97. The summed E-state index contributed by atoms with van der Waals surface area (Å²) < 4.78 is 0. The van der Waals surface area contributed by atoms with E-state index in [4.69, 9.17) is 4.98 Å². The number of urea groups is 1. The molecule has 7 nitrogen and oxygen atoms in total. The van der Waals surface area contributed by atoms with Crippen molar-refractivity contribution in [3.63, 3.8) is 0 Å². The van der Waals surface area contributed by atoms with Crippen LogP contribution in [0.5, 0.6) is 0 Å². The highest BCUT2D eigenvalue weighted by Gasteiger charge is 2.38. The van der Waals surface area contributed by atoms with Crippen molar-refractivity contribution in [2.24, 2.45) is 0 Å². The van der Waals surface area contributed by atoms with Crippen LogP contribution in [0.15, 0.2) is 48.9 Å². The summed E-state index contributed by atoms with van der Waals surface area (Å²) in [6, 6.07) is 9.77. The van der Waals surface area contributed by atoms with E-state index in [0.717, 1.165) is 60.0 Å². The van der Waals surface area contributed by atoms with Crippen molar-refractivity contribution >= 4 is 23.2 Å². The van der Waals surface area contributed by atoms with Crippen LogP contribution in [0.3, 0.4) is 0 Å². The van der Waals surface area contributed by atoms with E-state index in [1.54, 1.807) is 18.6 Å².